The summed E-state index contributed by atoms with van der Waals surface area (Å²) < 4.78 is 0. The molecule has 6 heteroatoms. The van der Waals surface area contributed by atoms with Gasteiger partial charge in [-0.3, -0.25) is 14.9 Å². The van der Waals surface area contributed by atoms with Gasteiger partial charge in [-0.1, -0.05) is 29.8 Å². The molecule has 2 N–H and O–H groups in total. The molecule has 3 aromatic rings. The number of pyridine rings is 1. The molecular weight excluding hydrogens is 290 g/mol. The van der Waals surface area contributed by atoms with Gasteiger partial charge in [0.25, 0.3) is 5.91 Å². The molecular formula is C17H17N5O. The number of aryl methyl sites for hydroxylation is 2. The number of hydrogen-bond donors (Lipinski definition) is 2. The first kappa shape index (κ1) is 14.9. The smallest absolute Gasteiger partial charge is 0.289 e. The average molecular weight is 307 g/mol. The summed E-state index contributed by atoms with van der Waals surface area (Å²) in [6.07, 6.45) is 4.77. The Hall–Kier alpha value is -3.02. The second-order valence-corrected chi connectivity index (χ2v) is 5.39. The van der Waals surface area contributed by atoms with Gasteiger partial charge in [-0.05, 0) is 36.6 Å². The summed E-state index contributed by atoms with van der Waals surface area (Å²) in [5, 5.41) is 9.30. The molecule has 23 heavy (non-hydrogen) atoms. The predicted molar refractivity (Wildman–Crippen MR) is 85.8 cm³/mol. The Morgan fingerprint density at radius 2 is 2.13 bits per heavy atom. The second kappa shape index (κ2) is 6.39. The number of hydrogen-bond acceptors (Lipinski definition) is 4. The summed E-state index contributed by atoms with van der Waals surface area (Å²) in [5.74, 6) is -0.125. The lowest BCUT2D eigenvalue weighted by atomic mass is 9.94. The Labute approximate surface area is 134 Å². The molecule has 0 aliphatic heterocycles. The lowest BCUT2D eigenvalue weighted by Crippen LogP contribution is -2.30. The number of rotatable bonds is 4. The van der Waals surface area contributed by atoms with Crippen LogP contribution in [0.25, 0.3) is 0 Å². The van der Waals surface area contributed by atoms with Gasteiger partial charge < -0.3 is 5.32 Å². The highest BCUT2D eigenvalue weighted by Gasteiger charge is 2.21. The highest BCUT2D eigenvalue weighted by atomic mass is 16.2. The topological polar surface area (TPSA) is 83.6 Å². The van der Waals surface area contributed by atoms with E-state index in [1.54, 1.807) is 12.4 Å². The number of carbonyl (C=O) groups is 1. The highest BCUT2D eigenvalue weighted by molar-refractivity contribution is 5.90. The van der Waals surface area contributed by atoms with E-state index in [4.69, 9.17) is 0 Å². The van der Waals surface area contributed by atoms with Crippen LogP contribution in [0.3, 0.4) is 0 Å². The van der Waals surface area contributed by atoms with E-state index >= 15 is 0 Å². The number of nitrogens with zero attached hydrogens (tertiary/aromatic N) is 3. The predicted octanol–water partition coefficient (Wildman–Crippen LogP) is 2.34. The van der Waals surface area contributed by atoms with Crippen LogP contribution in [0.2, 0.25) is 0 Å². The number of aromatic nitrogens is 4. The van der Waals surface area contributed by atoms with Crippen LogP contribution in [0.15, 0.2) is 49.1 Å². The van der Waals surface area contributed by atoms with Crippen molar-refractivity contribution in [2.24, 2.45) is 0 Å². The zero-order valence-electron chi connectivity index (χ0n) is 12.9. The largest absolute Gasteiger partial charge is 0.338 e. The molecule has 0 fully saturated rings. The van der Waals surface area contributed by atoms with Gasteiger partial charge in [0.05, 0.1) is 6.04 Å². The van der Waals surface area contributed by atoms with E-state index in [0.29, 0.717) is 0 Å². The van der Waals surface area contributed by atoms with Gasteiger partial charge in [0.15, 0.2) is 0 Å². The molecule has 0 aliphatic rings. The minimum absolute atomic E-state index is 0.184. The molecule has 1 aromatic carbocycles. The number of H-pyrrole nitrogens is 1. The van der Waals surface area contributed by atoms with Crippen LogP contribution >= 0.6 is 0 Å². The van der Waals surface area contributed by atoms with Gasteiger partial charge in [-0.25, -0.2) is 4.98 Å². The van der Waals surface area contributed by atoms with Crippen molar-refractivity contribution in [2.45, 2.75) is 19.9 Å². The van der Waals surface area contributed by atoms with Crippen LogP contribution in [0.5, 0.6) is 0 Å². The molecule has 0 saturated carbocycles. The van der Waals surface area contributed by atoms with E-state index in [1.807, 2.05) is 38.1 Å². The van der Waals surface area contributed by atoms with Gasteiger partial charge in [0.2, 0.25) is 5.82 Å². The first-order valence-corrected chi connectivity index (χ1v) is 7.28. The normalized spacial score (nSPS) is 11.9. The van der Waals surface area contributed by atoms with E-state index in [9.17, 15) is 4.79 Å². The van der Waals surface area contributed by atoms with Gasteiger partial charge >= 0.3 is 0 Å². The summed E-state index contributed by atoms with van der Waals surface area (Å²) in [4.78, 5) is 20.4. The van der Waals surface area contributed by atoms with Crippen molar-refractivity contribution in [1.29, 1.82) is 0 Å². The van der Waals surface area contributed by atoms with Crippen molar-refractivity contribution >= 4 is 5.91 Å². The maximum Gasteiger partial charge on any atom is 0.289 e. The lowest BCUT2D eigenvalue weighted by molar-refractivity contribution is 0.0933. The molecule has 1 atom stereocenters. The molecule has 0 radical (unpaired) electrons. The van der Waals surface area contributed by atoms with E-state index < -0.39 is 0 Å². The summed E-state index contributed by atoms with van der Waals surface area (Å²) in [5.41, 5.74) is 4.22. The standard InChI is InChI=1S/C17H17N5O/c1-11-5-6-14(12(2)8-11)15(13-4-3-7-18-9-13)21-17(23)16-19-10-20-22-16/h3-10,15H,1-2H3,(H,21,23)(H,19,20,22)/t15-/m0/s1. The van der Waals surface area contributed by atoms with Crippen molar-refractivity contribution in [3.05, 3.63) is 77.1 Å². The van der Waals surface area contributed by atoms with Crippen molar-refractivity contribution in [1.82, 2.24) is 25.5 Å². The van der Waals surface area contributed by atoms with Crippen molar-refractivity contribution < 1.29 is 4.79 Å². The van der Waals surface area contributed by atoms with Crippen LogP contribution in [0.4, 0.5) is 0 Å². The summed E-state index contributed by atoms with van der Waals surface area (Å²) in [7, 11) is 0. The second-order valence-electron chi connectivity index (χ2n) is 5.39. The zero-order valence-corrected chi connectivity index (χ0v) is 12.9. The molecule has 116 valence electrons. The Bertz CT molecular complexity index is 799. The van der Waals surface area contributed by atoms with Gasteiger partial charge in [0.1, 0.15) is 6.33 Å². The molecule has 2 heterocycles. The SMILES string of the molecule is Cc1ccc([C@@H](NC(=O)c2ncn[nH]2)c2cccnc2)c(C)c1. The Balaban J connectivity index is 1.99. The summed E-state index contributed by atoms with van der Waals surface area (Å²) >= 11 is 0. The van der Waals surface area contributed by atoms with E-state index in [1.165, 1.54) is 11.9 Å². The molecule has 0 saturated heterocycles. The van der Waals surface area contributed by atoms with E-state index in [0.717, 1.165) is 16.7 Å². The van der Waals surface area contributed by atoms with Crippen LogP contribution in [0.1, 0.15) is 38.9 Å². The number of amides is 1. The van der Waals surface area contributed by atoms with E-state index in [-0.39, 0.29) is 17.8 Å². The van der Waals surface area contributed by atoms with Gasteiger partial charge in [-0.15, -0.1) is 0 Å². The van der Waals surface area contributed by atoms with Crippen molar-refractivity contribution in [3.63, 3.8) is 0 Å². The van der Waals surface area contributed by atoms with Gasteiger partial charge in [-0.2, -0.15) is 5.10 Å². The molecule has 6 nitrogen and oxygen atoms in total. The lowest BCUT2D eigenvalue weighted by Gasteiger charge is -2.21. The number of nitrogens with one attached hydrogen (secondary N) is 2. The molecule has 1 amide bonds. The van der Waals surface area contributed by atoms with Crippen molar-refractivity contribution in [3.8, 4) is 0 Å². The molecule has 0 unspecified atom stereocenters. The molecule has 0 spiro atoms. The van der Waals surface area contributed by atoms with E-state index in [2.05, 4.69) is 31.5 Å². The Morgan fingerprint density at radius 3 is 2.78 bits per heavy atom. The first-order valence-electron chi connectivity index (χ1n) is 7.28. The summed E-state index contributed by atoms with van der Waals surface area (Å²) in [6.45, 7) is 4.08. The van der Waals surface area contributed by atoms with Crippen LogP contribution in [-0.2, 0) is 0 Å². The molecule has 3 rings (SSSR count). The fourth-order valence-corrected chi connectivity index (χ4v) is 2.55. The monoisotopic (exact) mass is 307 g/mol. The van der Waals surface area contributed by atoms with Crippen molar-refractivity contribution in [2.75, 3.05) is 0 Å². The van der Waals surface area contributed by atoms with Crippen LogP contribution in [0, 0.1) is 13.8 Å². The Morgan fingerprint density at radius 1 is 1.26 bits per heavy atom. The third-order valence-corrected chi connectivity index (χ3v) is 3.66. The van der Waals surface area contributed by atoms with Crippen LogP contribution in [-0.4, -0.2) is 26.1 Å². The Kier molecular flexibility index (Phi) is 4.14. The fraction of sp³-hybridized carbons (Fsp3) is 0.176. The highest BCUT2D eigenvalue weighted by Crippen LogP contribution is 2.25. The molecule has 0 aliphatic carbocycles. The van der Waals surface area contributed by atoms with Gasteiger partial charge in [0, 0.05) is 12.4 Å². The minimum atomic E-state index is -0.309. The summed E-state index contributed by atoms with van der Waals surface area (Å²) in [6, 6.07) is 9.65. The fourth-order valence-electron chi connectivity index (χ4n) is 2.55. The maximum atomic E-state index is 12.4. The number of benzene rings is 1. The zero-order chi connectivity index (χ0) is 16.2. The van der Waals surface area contributed by atoms with Crippen LogP contribution < -0.4 is 5.32 Å². The number of aromatic amines is 1. The first-order chi connectivity index (χ1) is 11.1. The maximum absolute atomic E-state index is 12.4. The average Bonchev–Trinajstić information content (AvgIpc) is 3.08. The third kappa shape index (κ3) is 3.26. The number of carbonyl (C=O) groups excluding carboxylic acids is 1. The minimum Gasteiger partial charge on any atom is -0.338 e. The third-order valence-electron chi connectivity index (χ3n) is 3.66. The molecule has 2 aromatic heterocycles. The quantitative estimate of drug-likeness (QED) is 0.775. The molecule has 0 bridgehead atoms.